The Bertz CT molecular complexity index is 373. The Morgan fingerprint density at radius 2 is 2.06 bits per heavy atom. The van der Waals surface area contributed by atoms with E-state index in [1.165, 1.54) is 6.07 Å². The summed E-state index contributed by atoms with van der Waals surface area (Å²) in [7, 11) is 0. The number of carboxylic acids is 1. The number of ether oxygens (including phenoxy) is 1. The zero-order valence-electron chi connectivity index (χ0n) is 8.91. The Balaban J connectivity index is 2.89. The van der Waals surface area contributed by atoms with Gasteiger partial charge in [-0.3, -0.25) is 0 Å². The first-order valence-electron chi connectivity index (χ1n) is 4.75. The quantitative estimate of drug-likeness (QED) is 0.888. The van der Waals surface area contributed by atoms with Crippen molar-refractivity contribution in [2.45, 2.75) is 20.0 Å². The molecule has 0 aliphatic carbocycles. The summed E-state index contributed by atoms with van der Waals surface area (Å²) < 4.78 is 18.1. The minimum atomic E-state index is -1.09. The van der Waals surface area contributed by atoms with Crippen LogP contribution in [0.25, 0.3) is 0 Å². The highest BCUT2D eigenvalue weighted by atomic mass is 35.5. The summed E-state index contributed by atoms with van der Waals surface area (Å²) >= 11 is 5.63. The van der Waals surface area contributed by atoms with E-state index >= 15 is 0 Å². The van der Waals surface area contributed by atoms with Crippen molar-refractivity contribution in [3.05, 3.63) is 29.0 Å². The van der Waals surface area contributed by atoms with Gasteiger partial charge < -0.3 is 9.84 Å². The minimum absolute atomic E-state index is 0.117. The predicted octanol–water partition coefficient (Wildman–Crippen LogP) is 2.97. The molecule has 1 rings (SSSR count). The van der Waals surface area contributed by atoms with Crippen molar-refractivity contribution in [3.63, 3.8) is 0 Å². The lowest BCUT2D eigenvalue weighted by molar-refractivity contribution is -0.147. The highest BCUT2D eigenvalue weighted by molar-refractivity contribution is 6.30. The molecule has 1 aromatic carbocycles. The number of rotatable bonds is 4. The number of carboxylic acid groups (broad SMARTS) is 1. The van der Waals surface area contributed by atoms with Gasteiger partial charge >= 0.3 is 5.97 Å². The molecule has 88 valence electrons. The summed E-state index contributed by atoms with van der Waals surface area (Å²) in [5.74, 6) is -1.75. The SMILES string of the molecule is CC(C)C(Oc1cc(F)cc(Cl)c1)C(=O)O. The maximum absolute atomic E-state index is 13.0. The zero-order valence-corrected chi connectivity index (χ0v) is 9.66. The number of halogens is 2. The van der Waals surface area contributed by atoms with Crippen molar-refractivity contribution in [2.75, 3.05) is 0 Å². The third-order valence-electron chi connectivity index (χ3n) is 1.95. The first kappa shape index (κ1) is 12.8. The van der Waals surface area contributed by atoms with E-state index in [-0.39, 0.29) is 16.7 Å². The molecular weight excluding hydrogens is 235 g/mol. The summed E-state index contributed by atoms with van der Waals surface area (Å²) in [4.78, 5) is 10.9. The molecule has 0 bridgehead atoms. The standard InChI is InChI=1S/C11H12ClFO3/c1-6(2)10(11(14)15)16-9-4-7(12)3-8(13)5-9/h3-6,10H,1-2H3,(H,14,15). The number of hydrogen-bond acceptors (Lipinski definition) is 2. The first-order chi connectivity index (χ1) is 7.40. The fourth-order valence-corrected chi connectivity index (χ4v) is 1.43. The molecule has 1 N–H and O–H groups in total. The molecule has 1 atom stereocenters. The summed E-state index contributed by atoms with van der Waals surface area (Å²) in [5, 5.41) is 9.06. The monoisotopic (exact) mass is 246 g/mol. The van der Waals surface area contributed by atoms with Crippen molar-refractivity contribution in [1.29, 1.82) is 0 Å². The second kappa shape index (κ2) is 5.16. The predicted molar refractivity (Wildman–Crippen MR) is 58.3 cm³/mol. The fraction of sp³-hybridized carbons (Fsp3) is 0.364. The van der Waals surface area contributed by atoms with E-state index in [0.717, 1.165) is 12.1 Å². The lowest BCUT2D eigenvalue weighted by atomic mass is 10.1. The topological polar surface area (TPSA) is 46.5 Å². The van der Waals surface area contributed by atoms with Gasteiger partial charge in [0.05, 0.1) is 0 Å². The Morgan fingerprint density at radius 1 is 1.44 bits per heavy atom. The molecule has 0 saturated heterocycles. The zero-order chi connectivity index (χ0) is 12.3. The Kier molecular flexibility index (Phi) is 4.12. The molecule has 0 aliphatic heterocycles. The van der Waals surface area contributed by atoms with Crippen LogP contribution in [0, 0.1) is 11.7 Å². The van der Waals surface area contributed by atoms with Crippen LogP contribution < -0.4 is 4.74 Å². The van der Waals surface area contributed by atoms with Gasteiger partial charge in [0.2, 0.25) is 0 Å². The third kappa shape index (κ3) is 3.38. The number of aliphatic carboxylic acids is 1. The lowest BCUT2D eigenvalue weighted by Crippen LogP contribution is -2.32. The summed E-state index contributed by atoms with van der Waals surface area (Å²) in [6.07, 6.45) is -1.02. The second-order valence-corrected chi connectivity index (χ2v) is 4.16. The van der Waals surface area contributed by atoms with Crippen molar-refractivity contribution >= 4 is 17.6 Å². The summed E-state index contributed by atoms with van der Waals surface area (Å²) in [6.45, 7) is 3.42. The molecule has 0 amide bonds. The van der Waals surface area contributed by atoms with E-state index in [0.29, 0.717) is 0 Å². The van der Waals surface area contributed by atoms with Gasteiger partial charge in [0.15, 0.2) is 6.10 Å². The molecule has 0 radical (unpaired) electrons. The van der Waals surface area contributed by atoms with Gasteiger partial charge in [0.1, 0.15) is 11.6 Å². The van der Waals surface area contributed by atoms with Crippen LogP contribution in [0.5, 0.6) is 5.75 Å². The van der Waals surface area contributed by atoms with E-state index in [4.69, 9.17) is 21.4 Å². The highest BCUT2D eigenvalue weighted by Crippen LogP contribution is 2.22. The number of carbonyl (C=O) groups is 1. The average molecular weight is 247 g/mol. The molecule has 0 fully saturated rings. The maximum atomic E-state index is 13.0. The van der Waals surface area contributed by atoms with Crippen molar-refractivity contribution in [2.24, 2.45) is 5.92 Å². The van der Waals surface area contributed by atoms with Gasteiger partial charge in [-0.05, 0) is 12.1 Å². The molecule has 0 aliphatic rings. The summed E-state index contributed by atoms with van der Waals surface area (Å²) in [6, 6.07) is 3.60. The van der Waals surface area contributed by atoms with Crippen LogP contribution >= 0.6 is 11.6 Å². The third-order valence-corrected chi connectivity index (χ3v) is 2.17. The molecule has 3 nitrogen and oxygen atoms in total. The molecule has 0 aromatic heterocycles. The van der Waals surface area contributed by atoms with Crippen LogP contribution in [0.2, 0.25) is 5.02 Å². The number of benzene rings is 1. The molecule has 1 aromatic rings. The Labute approximate surface area is 97.8 Å². The largest absolute Gasteiger partial charge is 0.478 e. The molecule has 0 heterocycles. The van der Waals surface area contributed by atoms with Gasteiger partial charge in [-0.15, -0.1) is 0 Å². The molecule has 0 saturated carbocycles. The van der Waals surface area contributed by atoms with Crippen LogP contribution in [0.3, 0.4) is 0 Å². The number of hydrogen-bond donors (Lipinski definition) is 1. The van der Waals surface area contributed by atoms with Gasteiger partial charge in [0.25, 0.3) is 0 Å². The van der Waals surface area contributed by atoms with Gasteiger partial charge in [0, 0.05) is 17.0 Å². The van der Waals surface area contributed by atoms with Crippen LogP contribution in [0.1, 0.15) is 13.8 Å². The normalized spacial score (nSPS) is 12.6. The minimum Gasteiger partial charge on any atom is -0.478 e. The van der Waals surface area contributed by atoms with Crippen molar-refractivity contribution in [1.82, 2.24) is 0 Å². The van der Waals surface area contributed by atoms with Crippen LogP contribution in [-0.2, 0) is 4.79 Å². The average Bonchev–Trinajstić information content (AvgIpc) is 2.11. The van der Waals surface area contributed by atoms with E-state index < -0.39 is 17.9 Å². The molecule has 0 spiro atoms. The Hall–Kier alpha value is -1.29. The highest BCUT2D eigenvalue weighted by Gasteiger charge is 2.23. The van der Waals surface area contributed by atoms with Crippen LogP contribution in [0.15, 0.2) is 18.2 Å². The van der Waals surface area contributed by atoms with Gasteiger partial charge in [-0.2, -0.15) is 0 Å². The van der Waals surface area contributed by atoms with E-state index in [1.54, 1.807) is 13.8 Å². The fourth-order valence-electron chi connectivity index (χ4n) is 1.21. The molecule has 5 heteroatoms. The van der Waals surface area contributed by atoms with Crippen molar-refractivity contribution < 1.29 is 19.0 Å². The van der Waals surface area contributed by atoms with E-state index in [1.807, 2.05) is 0 Å². The summed E-state index contributed by atoms with van der Waals surface area (Å²) in [5.41, 5.74) is 0. The first-order valence-corrected chi connectivity index (χ1v) is 5.13. The van der Waals surface area contributed by atoms with E-state index in [2.05, 4.69) is 0 Å². The van der Waals surface area contributed by atoms with E-state index in [9.17, 15) is 9.18 Å². The maximum Gasteiger partial charge on any atom is 0.345 e. The smallest absolute Gasteiger partial charge is 0.345 e. The molecular formula is C11H12ClFO3. The lowest BCUT2D eigenvalue weighted by Gasteiger charge is -2.18. The second-order valence-electron chi connectivity index (χ2n) is 3.73. The van der Waals surface area contributed by atoms with Crippen LogP contribution in [0.4, 0.5) is 4.39 Å². The Morgan fingerprint density at radius 3 is 2.50 bits per heavy atom. The van der Waals surface area contributed by atoms with Gasteiger partial charge in [-0.1, -0.05) is 25.4 Å². The van der Waals surface area contributed by atoms with Gasteiger partial charge in [-0.25, -0.2) is 9.18 Å². The van der Waals surface area contributed by atoms with Crippen LogP contribution in [-0.4, -0.2) is 17.2 Å². The molecule has 1 unspecified atom stereocenters. The van der Waals surface area contributed by atoms with Crippen molar-refractivity contribution in [3.8, 4) is 5.75 Å². The molecule has 16 heavy (non-hydrogen) atoms.